The third-order valence-corrected chi connectivity index (χ3v) is 13.6. The molecule has 0 aliphatic carbocycles. The molecule has 3 aliphatic rings. The van der Waals surface area contributed by atoms with Gasteiger partial charge in [-0.25, -0.2) is 19.6 Å². The van der Waals surface area contributed by atoms with E-state index in [9.17, 15) is 24.3 Å². The van der Waals surface area contributed by atoms with Crippen LogP contribution in [0, 0.1) is 11.8 Å². The van der Waals surface area contributed by atoms with E-state index in [0.717, 1.165) is 89.0 Å². The predicted octanol–water partition coefficient (Wildman–Crippen LogP) is 7.56. The van der Waals surface area contributed by atoms with Gasteiger partial charge < -0.3 is 59.4 Å². The second kappa shape index (κ2) is 21.3. The van der Waals surface area contributed by atoms with Crippen LogP contribution in [0.1, 0.15) is 113 Å². The van der Waals surface area contributed by atoms with E-state index in [1.807, 2.05) is 50.8 Å². The zero-order chi connectivity index (χ0) is 48.1. The monoisotopic (exact) mass is 935 g/mol. The Balaban J connectivity index is 1.07. The van der Waals surface area contributed by atoms with Gasteiger partial charge in [0.2, 0.25) is 11.8 Å². The molecule has 5 heterocycles. The summed E-state index contributed by atoms with van der Waals surface area (Å²) in [5, 5.41) is 14.6. The molecule has 68 heavy (non-hydrogen) atoms. The van der Waals surface area contributed by atoms with Gasteiger partial charge in [-0.3, -0.25) is 9.59 Å². The minimum absolute atomic E-state index is 0.00254. The number of aromatic amines is 2. The first-order chi connectivity index (χ1) is 32.8. The number of carbonyl (C=O) groups excluding carboxylic acids is 3. The zero-order valence-electron chi connectivity index (χ0n) is 39.8. The Morgan fingerprint density at radius 1 is 0.676 bits per heavy atom. The van der Waals surface area contributed by atoms with E-state index in [1.165, 1.54) is 7.11 Å². The Morgan fingerprint density at radius 3 is 1.68 bits per heavy atom. The molecular weight excluding hydrogens is 871 g/mol. The summed E-state index contributed by atoms with van der Waals surface area (Å²) in [7, 11) is 2.94. The largest absolute Gasteiger partial charge is 0.491 e. The molecule has 4 amide bonds. The van der Waals surface area contributed by atoms with Crippen LogP contribution in [0.5, 0.6) is 5.75 Å². The minimum Gasteiger partial charge on any atom is -0.491 e. The topological polar surface area (TPSA) is 217 Å². The van der Waals surface area contributed by atoms with Crippen molar-refractivity contribution >= 4 is 51.8 Å². The number of carbonyl (C=O) groups is 4. The average Bonchev–Trinajstić information content (AvgIpc) is 4.19. The van der Waals surface area contributed by atoms with Gasteiger partial charge in [-0.1, -0.05) is 39.8 Å². The van der Waals surface area contributed by atoms with Crippen LogP contribution in [0.4, 0.5) is 15.3 Å². The van der Waals surface area contributed by atoms with Gasteiger partial charge in [0, 0.05) is 25.9 Å². The molecule has 18 heteroatoms. The predicted molar refractivity (Wildman–Crippen MR) is 255 cm³/mol. The van der Waals surface area contributed by atoms with Crippen LogP contribution >= 0.6 is 0 Å². The second-order valence-corrected chi connectivity index (χ2v) is 18.7. The van der Waals surface area contributed by atoms with Crippen LogP contribution in [0.15, 0.2) is 60.7 Å². The fourth-order valence-electron chi connectivity index (χ4n) is 10.2. The maximum Gasteiger partial charge on any atom is 0.407 e. The van der Waals surface area contributed by atoms with Crippen molar-refractivity contribution in [2.45, 2.75) is 102 Å². The van der Waals surface area contributed by atoms with E-state index in [4.69, 9.17) is 28.9 Å². The van der Waals surface area contributed by atoms with Crippen LogP contribution in [0.3, 0.4) is 0 Å². The van der Waals surface area contributed by atoms with E-state index in [2.05, 4.69) is 68.0 Å². The van der Waals surface area contributed by atoms with Gasteiger partial charge in [-0.05, 0) is 110 Å². The Labute approximate surface area is 396 Å². The highest BCUT2D eigenvalue weighted by Gasteiger charge is 2.40. The van der Waals surface area contributed by atoms with Gasteiger partial charge in [0.15, 0.2) is 0 Å². The Morgan fingerprint density at radius 2 is 1.19 bits per heavy atom. The molecule has 0 spiro atoms. The maximum absolute atomic E-state index is 13.9. The third kappa shape index (κ3) is 10.4. The first kappa shape index (κ1) is 48.1. The molecule has 0 saturated carbocycles. The number of carboxylic acid groups (broad SMARTS) is 1. The summed E-state index contributed by atoms with van der Waals surface area (Å²) in [5.74, 6) is 1.41. The quantitative estimate of drug-likeness (QED) is 0.0538. The highest BCUT2D eigenvalue weighted by Crippen LogP contribution is 2.48. The van der Waals surface area contributed by atoms with Gasteiger partial charge in [0.1, 0.15) is 36.1 Å². The first-order valence-electron chi connectivity index (χ1n) is 23.9. The van der Waals surface area contributed by atoms with Gasteiger partial charge >= 0.3 is 12.2 Å². The van der Waals surface area contributed by atoms with E-state index in [0.29, 0.717) is 45.3 Å². The summed E-state index contributed by atoms with van der Waals surface area (Å²) in [6.07, 6.45) is 2.97. The molecule has 8 rings (SSSR count). The molecule has 0 bridgehead atoms. The first-order valence-corrected chi connectivity index (χ1v) is 23.9. The summed E-state index contributed by atoms with van der Waals surface area (Å²) in [5.41, 5.74) is 6.63. The number of hydrogen-bond donors (Lipinski definition) is 5. The van der Waals surface area contributed by atoms with Crippen molar-refractivity contribution in [3.8, 4) is 5.75 Å². The van der Waals surface area contributed by atoms with Crippen molar-refractivity contribution in [2.75, 3.05) is 58.6 Å². The number of ether oxygens (including phenoxy) is 4. The number of alkyl carbamates (subject to hydrolysis) is 1. The number of hydrogen-bond acceptors (Lipinski definition) is 11. The number of anilines is 1. The number of imidazole rings is 2. The molecule has 0 unspecified atom stereocenters. The lowest BCUT2D eigenvalue weighted by atomic mass is 10.0. The van der Waals surface area contributed by atoms with Crippen molar-refractivity contribution in [3.05, 3.63) is 83.4 Å². The smallest absolute Gasteiger partial charge is 0.407 e. The van der Waals surface area contributed by atoms with Crippen LogP contribution < -0.4 is 20.3 Å². The molecule has 5 N–H and O–H groups in total. The number of aromatic nitrogens is 4. The van der Waals surface area contributed by atoms with Gasteiger partial charge in [0.05, 0.1) is 73.2 Å². The molecule has 3 aromatic carbocycles. The molecule has 6 atom stereocenters. The molecule has 364 valence electrons. The normalized spacial score (nSPS) is 20.4. The van der Waals surface area contributed by atoms with Gasteiger partial charge in [-0.2, -0.15) is 0 Å². The Hall–Kier alpha value is -6.40. The molecule has 2 aromatic heterocycles. The summed E-state index contributed by atoms with van der Waals surface area (Å²) < 4.78 is 21.5. The van der Waals surface area contributed by atoms with Gasteiger partial charge in [-0.15, -0.1) is 0 Å². The van der Waals surface area contributed by atoms with Crippen molar-refractivity contribution < 1.29 is 43.2 Å². The van der Waals surface area contributed by atoms with E-state index in [1.54, 1.807) is 12.0 Å². The van der Waals surface area contributed by atoms with Crippen molar-refractivity contribution in [2.24, 2.45) is 11.8 Å². The summed E-state index contributed by atoms with van der Waals surface area (Å²) >= 11 is 0. The van der Waals surface area contributed by atoms with E-state index in [-0.39, 0.29) is 47.8 Å². The number of nitrogens with zero attached hydrogens (tertiary/aromatic N) is 5. The number of rotatable bonds is 18. The lowest BCUT2D eigenvalue weighted by Gasteiger charge is -2.33. The van der Waals surface area contributed by atoms with Crippen LogP contribution in [0.25, 0.3) is 22.1 Å². The molecule has 3 aliphatic heterocycles. The lowest BCUT2D eigenvalue weighted by Crippen LogP contribution is -2.51. The average molecular weight is 936 g/mol. The SMILES string of the molecule is COCCOCCOc1ccc(N2[C@@H](c3ccc4nc([C@@H]5CCCN5C(=O)[C@@H](NC(=O)O)C(C)C)[nH]c4c3)CC[C@@H]2c2ccc3nc([C@@H]4CCCN4C(=O)[C@@H](NC(=O)OC)C(C)C)[nH]c3c2)cc1. The Bertz CT molecular complexity index is 2560. The molecule has 3 fully saturated rings. The van der Waals surface area contributed by atoms with Crippen LogP contribution in [0.2, 0.25) is 0 Å². The third-order valence-electron chi connectivity index (χ3n) is 13.6. The summed E-state index contributed by atoms with van der Waals surface area (Å²) in [6.45, 7) is 10.5. The minimum atomic E-state index is -1.22. The number of methoxy groups -OCH3 is 2. The fraction of sp³-hybridized carbons (Fsp3) is 0.520. The van der Waals surface area contributed by atoms with Crippen LogP contribution in [-0.2, 0) is 23.8 Å². The number of fused-ring (bicyclic) bond motifs is 2. The fourth-order valence-corrected chi connectivity index (χ4v) is 10.2. The Kier molecular flexibility index (Phi) is 15.0. The molecule has 0 radical (unpaired) electrons. The summed E-state index contributed by atoms with van der Waals surface area (Å²) in [6, 6.07) is 18.8. The summed E-state index contributed by atoms with van der Waals surface area (Å²) in [4.78, 5) is 74.6. The van der Waals surface area contributed by atoms with Crippen LogP contribution in [-0.4, -0.2) is 125 Å². The number of benzene rings is 3. The molecule has 18 nitrogen and oxygen atoms in total. The molecule has 5 aromatic rings. The second-order valence-electron chi connectivity index (χ2n) is 18.7. The standard InChI is InChI=1S/C50H65N9O9/c1-29(2)43(55-49(62)63)47(60)57-21-7-9-41(57)45-51-35-17-11-31(27-37(35)53-45)39-19-20-40(59(39)33-13-15-34(16-14-33)68-26-25-67-24-23-65-5)32-12-18-36-38(28-32)54-46(52-36)42-10-8-22-58(42)48(61)44(30(3)4)56-50(64)66-6/h11-18,27-30,39-44,55H,7-10,19-26H2,1-6H3,(H,51,53)(H,52,54)(H,56,64)(H,62,63)/t39-,40-,41+,42+,43+,44+/m1/s1. The van der Waals surface area contributed by atoms with E-state index < -0.39 is 24.3 Å². The highest BCUT2D eigenvalue weighted by atomic mass is 16.5. The number of H-pyrrole nitrogens is 2. The number of amides is 4. The van der Waals surface area contributed by atoms with Crippen molar-refractivity contribution in [1.82, 2.24) is 40.4 Å². The van der Waals surface area contributed by atoms with E-state index >= 15 is 0 Å². The number of likely N-dealkylation sites (tertiary alicyclic amines) is 2. The van der Waals surface area contributed by atoms with Crippen molar-refractivity contribution in [3.63, 3.8) is 0 Å². The highest BCUT2D eigenvalue weighted by molar-refractivity contribution is 5.87. The maximum atomic E-state index is 13.9. The molecule has 3 saturated heterocycles. The molecular formula is C50H65N9O9. The zero-order valence-corrected chi connectivity index (χ0v) is 39.8. The number of nitrogens with one attached hydrogen (secondary N) is 4. The van der Waals surface area contributed by atoms with Crippen molar-refractivity contribution in [1.29, 1.82) is 0 Å². The van der Waals surface area contributed by atoms with Gasteiger partial charge in [0.25, 0.3) is 0 Å². The lowest BCUT2D eigenvalue weighted by molar-refractivity contribution is -0.136.